The molecule has 0 bridgehead atoms. The molecule has 0 saturated carbocycles. The van der Waals surface area contributed by atoms with Crippen molar-refractivity contribution in [1.82, 2.24) is 9.97 Å². The second-order valence-corrected chi connectivity index (χ2v) is 3.43. The Morgan fingerprint density at radius 1 is 1.38 bits per heavy atom. The summed E-state index contributed by atoms with van der Waals surface area (Å²) in [6, 6.07) is 3.77. The number of nitrogens with zero attached hydrogens (tertiary/aromatic N) is 2. The van der Waals surface area contributed by atoms with Gasteiger partial charge in [0.1, 0.15) is 5.69 Å². The minimum Gasteiger partial charge on any atom is -0.439 e. The zero-order valence-corrected chi connectivity index (χ0v) is 8.58. The topological polar surface area (TPSA) is 38.9 Å². The fraction of sp³-hybridized carbons (Fsp3) is 0.111. The van der Waals surface area contributed by atoms with E-state index in [1.54, 1.807) is 19.3 Å². The van der Waals surface area contributed by atoms with Crippen molar-refractivity contribution in [2.24, 2.45) is 0 Å². The van der Waals surface area contributed by atoms with Crippen LogP contribution in [0.5, 0.6) is 0 Å². The molecule has 4 heteroatoms. The monoisotopic (exact) mass is 238 g/mol. The van der Waals surface area contributed by atoms with Crippen LogP contribution in [0.3, 0.4) is 0 Å². The molecule has 13 heavy (non-hydrogen) atoms. The normalized spacial score (nSPS) is 10.3. The molecule has 0 radical (unpaired) electrons. The van der Waals surface area contributed by atoms with Crippen molar-refractivity contribution in [3.63, 3.8) is 0 Å². The summed E-state index contributed by atoms with van der Waals surface area (Å²) >= 11 is 3.39. The first kappa shape index (κ1) is 8.44. The van der Waals surface area contributed by atoms with E-state index in [9.17, 15) is 0 Å². The van der Waals surface area contributed by atoms with E-state index in [4.69, 9.17) is 4.42 Å². The summed E-state index contributed by atoms with van der Waals surface area (Å²) in [6.07, 6.45) is 3.39. The highest BCUT2D eigenvalue weighted by Crippen LogP contribution is 2.25. The molecular weight excluding hydrogens is 232 g/mol. The van der Waals surface area contributed by atoms with Crippen molar-refractivity contribution in [1.29, 1.82) is 0 Å². The fourth-order valence-electron chi connectivity index (χ4n) is 1.04. The number of halogens is 1. The Morgan fingerprint density at radius 2 is 2.23 bits per heavy atom. The molecule has 2 aromatic heterocycles. The standard InChI is InChI=1S/C9H7BrN2O/c1-6-12-5-8(13-6)9-7(10)3-2-4-11-9/h2-5H,1H3. The highest BCUT2D eigenvalue weighted by atomic mass is 79.9. The average molecular weight is 239 g/mol. The maximum Gasteiger partial charge on any atom is 0.191 e. The maximum absolute atomic E-state index is 5.35. The van der Waals surface area contributed by atoms with Crippen molar-refractivity contribution in [3.05, 3.63) is 34.9 Å². The number of pyridine rings is 1. The summed E-state index contributed by atoms with van der Waals surface area (Å²) < 4.78 is 6.26. The van der Waals surface area contributed by atoms with Gasteiger partial charge in [-0.1, -0.05) is 0 Å². The van der Waals surface area contributed by atoms with Crippen LogP contribution in [-0.4, -0.2) is 9.97 Å². The van der Waals surface area contributed by atoms with E-state index in [-0.39, 0.29) is 0 Å². The smallest absolute Gasteiger partial charge is 0.191 e. The van der Waals surface area contributed by atoms with Gasteiger partial charge in [-0.3, -0.25) is 4.98 Å². The van der Waals surface area contributed by atoms with Crippen LogP contribution in [0, 0.1) is 6.92 Å². The number of hydrogen-bond donors (Lipinski definition) is 0. The first-order chi connectivity index (χ1) is 6.27. The fourth-order valence-corrected chi connectivity index (χ4v) is 1.49. The molecule has 0 aliphatic rings. The van der Waals surface area contributed by atoms with Crippen molar-refractivity contribution < 1.29 is 4.42 Å². The second kappa shape index (κ2) is 3.30. The molecule has 0 amide bonds. The summed E-state index contributed by atoms with van der Waals surface area (Å²) in [6.45, 7) is 1.81. The molecule has 2 rings (SSSR count). The van der Waals surface area contributed by atoms with Crippen molar-refractivity contribution in [2.75, 3.05) is 0 Å². The van der Waals surface area contributed by atoms with E-state index in [0.29, 0.717) is 11.7 Å². The molecule has 2 heterocycles. The SMILES string of the molecule is Cc1ncc(-c2ncccc2Br)o1. The molecule has 0 aromatic carbocycles. The summed E-state index contributed by atoms with van der Waals surface area (Å²) in [5.41, 5.74) is 0.781. The Hall–Kier alpha value is -1.16. The van der Waals surface area contributed by atoms with Crippen LogP contribution >= 0.6 is 15.9 Å². The number of hydrogen-bond acceptors (Lipinski definition) is 3. The predicted molar refractivity (Wildman–Crippen MR) is 52.2 cm³/mol. The lowest BCUT2D eigenvalue weighted by Gasteiger charge is -1.96. The molecule has 0 atom stereocenters. The van der Waals surface area contributed by atoms with Crippen LogP contribution in [0.15, 0.2) is 33.4 Å². The summed E-state index contributed by atoms with van der Waals surface area (Å²) in [7, 11) is 0. The zero-order chi connectivity index (χ0) is 9.26. The molecule has 66 valence electrons. The molecule has 0 aliphatic carbocycles. The second-order valence-electron chi connectivity index (χ2n) is 2.58. The summed E-state index contributed by atoms with van der Waals surface area (Å²) in [5, 5.41) is 0. The van der Waals surface area contributed by atoms with Crippen molar-refractivity contribution in [2.45, 2.75) is 6.92 Å². The quantitative estimate of drug-likeness (QED) is 0.767. The first-order valence-corrected chi connectivity index (χ1v) is 4.60. The molecule has 3 nitrogen and oxygen atoms in total. The lowest BCUT2D eigenvalue weighted by atomic mass is 10.3. The average Bonchev–Trinajstić information content (AvgIpc) is 2.53. The van der Waals surface area contributed by atoms with Gasteiger partial charge < -0.3 is 4.42 Å². The van der Waals surface area contributed by atoms with E-state index >= 15 is 0 Å². The molecule has 0 spiro atoms. The maximum atomic E-state index is 5.35. The number of aryl methyl sites for hydroxylation is 1. The van der Waals surface area contributed by atoms with E-state index in [1.807, 2.05) is 12.1 Å². The van der Waals surface area contributed by atoms with Gasteiger partial charge in [-0.25, -0.2) is 4.98 Å². The van der Waals surface area contributed by atoms with E-state index in [1.165, 1.54) is 0 Å². The molecular formula is C9H7BrN2O. The van der Waals surface area contributed by atoms with Gasteiger partial charge in [0.05, 0.1) is 6.20 Å². The van der Waals surface area contributed by atoms with Crippen LogP contribution in [0.1, 0.15) is 5.89 Å². The van der Waals surface area contributed by atoms with Crippen LogP contribution in [0.2, 0.25) is 0 Å². The van der Waals surface area contributed by atoms with Gasteiger partial charge in [0.2, 0.25) is 0 Å². The Labute approximate surface area is 84.0 Å². The van der Waals surface area contributed by atoms with Gasteiger partial charge in [0.25, 0.3) is 0 Å². The molecule has 0 N–H and O–H groups in total. The van der Waals surface area contributed by atoms with Crippen LogP contribution in [-0.2, 0) is 0 Å². The molecule has 2 aromatic rings. The van der Waals surface area contributed by atoms with E-state index < -0.39 is 0 Å². The van der Waals surface area contributed by atoms with Gasteiger partial charge in [-0.2, -0.15) is 0 Å². The minimum absolute atomic E-state index is 0.646. The molecule has 0 saturated heterocycles. The van der Waals surface area contributed by atoms with Gasteiger partial charge in [0.15, 0.2) is 11.7 Å². The Kier molecular flexibility index (Phi) is 2.14. The lowest BCUT2D eigenvalue weighted by Crippen LogP contribution is -1.80. The van der Waals surface area contributed by atoms with Gasteiger partial charge >= 0.3 is 0 Å². The number of rotatable bonds is 1. The third-order valence-electron chi connectivity index (χ3n) is 1.61. The zero-order valence-electron chi connectivity index (χ0n) is 6.99. The van der Waals surface area contributed by atoms with Crippen LogP contribution in [0.4, 0.5) is 0 Å². The third kappa shape index (κ3) is 1.62. The van der Waals surface area contributed by atoms with Crippen molar-refractivity contribution in [3.8, 4) is 11.5 Å². The third-order valence-corrected chi connectivity index (χ3v) is 2.25. The van der Waals surface area contributed by atoms with E-state index in [2.05, 4.69) is 25.9 Å². The molecule has 0 aliphatic heterocycles. The predicted octanol–water partition coefficient (Wildman–Crippen LogP) is 2.81. The van der Waals surface area contributed by atoms with Gasteiger partial charge in [-0.05, 0) is 28.1 Å². The Balaban J connectivity index is 2.52. The number of aromatic nitrogens is 2. The molecule has 0 fully saturated rings. The van der Waals surface area contributed by atoms with Gasteiger partial charge in [-0.15, -0.1) is 0 Å². The summed E-state index contributed by atoms with van der Waals surface area (Å²) in [5.74, 6) is 1.33. The first-order valence-electron chi connectivity index (χ1n) is 3.80. The van der Waals surface area contributed by atoms with Crippen LogP contribution in [0.25, 0.3) is 11.5 Å². The van der Waals surface area contributed by atoms with Gasteiger partial charge in [0, 0.05) is 17.6 Å². The highest BCUT2D eigenvalue weighted by molar-refractivity contribution is 9.10. The van der Waals surface area contributed by atoms with Crippen LogP contribution < -0.4 is 0 Å². The van der Waals surface area contributed by atoms with E-state index in [0.717, 1.165) is 10.2 Å². The minimum atomic E-state index is 0.646. The lowest BCUT2D eigenvalue weighted by molar-refractivity contribution is 0.532. The highest BCUT2D eigenvalue weighted by Gasteiger charge is 2.07. The Morgan fingerprint density at radius 3 is 2.85 bits per heavy atom. The Bertz CT molecular complexity index is 425. The largest absolute Gasteiger partial charge is 0.439 e. The summed E-state index contributed by atoms with van der Waals surface area (Å²) in [4.78, 5) is 8.19. The number of oxazole rings is 1. The molecule has 0 unspecified atom stereocenters. The van der Waals surface area contributed by atoms with Crippen molar-refractivity contribution >= 4 is 15.9 Å².